The molecule has 0 radical (unpaired) electrons. The molecule has 0 saturated carbocycles. The van der Waals surface area contributed by atoms with Crippen molar-refractivity contribution >= 4 is 22.6 Å². The molecule has 0 aliphatic carbocycles. The van der Waals surface area contributed by atoms with Crippen molar-refractivity contribution in [2.75, 3.05) is 7.11 Å². The molecule has 4 heteroatoms. The van der Waals surface area contributed by atoms with Gasteiger partial charge < -0.3 is 10.5 Å². The van der Waals surface area contributed by atoms with E-state index in [0.29, 0.717) is 11.1 Å². The highest BCUT2D eigenvalue weighted by Gasteiger charge is 2.05. The molecule has 0 fully saturated rings. The molecule has 122 valence electrons. The highest BCUT2D eigenvalue weighted by Crippen LogP contribution is 2.25. The monoisotopic (exact) mass is 328 g/mol. The molecule has 2 aromatic rings. The van der Waals surface area contributed by atoms with Crippen LogP contribution in [0.25, 0.3) is 0 Å². The summed E-state index contributed by atoms with van der Waals surface area (Å²) in [5.41, 5.74) is 9.39. The van der Waals surface area contributed by atoms with Gasteiger partial charge in [0.1, 0.15) is 5.75 Å². The zero-order valence-electron chi connectivity index (χ0n) is 14.0. The van der Waals surface area contributed by atoms with Gasteiger partial charge in [-0.2, -0.15) is 0 Å². The van der Waals surface area contributed by atoms with Crippen LogP contribution in [0.15, 0.2) is 53.5 Å². The van der Waals surface area contributed by atoms with Crippen molar-refractivity contribution in [1.82, 2.24) is 0 Å². The maximum Gasteiger partial charge on any atom is 0.159 e. The van der Waals surface area contributed by atoms with Crippen LogP contribution >= 0.6 is 11.8 Å². The third-order valence-corrected chi connectivity index (χ3v) is 4.72. The molecule has 0 aromatic heterocycles. The van der Waals surface area contributed by atoms with Crippen molar-refractivity contribution in [1.29, 1.82) is 0 Å². The summed E-state index contributed by atoms with van der Waals surface area (Å²) in [4.78, 5) is 4.47. The van der Waals surface area contributed by atoms with E-state index in [1.807, 2.05) is 36.4 Å². The van der Waals surface area contributed by atoms with Crippen LogP contribution < -0.4 is 10.5 Å². The fourth-order valence-electron chi connectivity index (χ4n) is 2.25. The van der Waals surface area contributed by atoms with E-state index in [9.17, 15) is 0 Å². The molecule has 2 aromatic carbocycles. The summed E-state index contributed by atoms with van der Waals surface area (Å²) in [6, 6.07) is 16.3. The minimum Gasteiger partial charge on any atom is -0.496 e. The van der Waals surface area contributed by atoms with Crippen LogP contribution in [0.5, 0.6) is 5.75 Å². The normalized spacial score (nSPS) is 12.9. The largest absolute Gasteiger partial charge is 0.496 e. The number of hydrogen-bond acceptors (Lipinski definition) is 3. The molecule has 0 aliphatic heterocycles. The van der Waals surface area contributed by atoms with Gasteiger partial charge in [-0.15, -0.1) is 0 Å². The van der Waals surface area contributed by atoms with Crippen molar-refractivity contribution in [3.8, 4) is 5.75 Å². The number of aliphatic imine (C=N–C) groups is 1. The van der Waals surface area contributed by atoms with Gasteiger partial charge in [0.05, 0.1) is 12.8 Å². The van der Waals surface area contributed by atoms with E-state index in [4.69, 9.17) is 10.5 Å². The smallest absolute Gasteiger partial charge is 0.159 e. The second kappa shape index (κ2) is 8.63. The molecule has 3 nitrogen and oxygen atoms in total. The van der Waals surface area contributed by atoms with E-state index < -0.39 is 0 Å². The second-order valence-electron chi connectivity index (χ2n) is 5.45. The van der Waals surface area contributed by atoms with Crippen LogP contribution in [0.3, 0.4) is 0 Å². The molecule has 1 atom stereocenters. The summed E-state index contributed by atoms with van der Waals surface area (Å²) < 4.78 is 5.35. The number of rotatable bonds is 6. The van der Waals surface area contributed by atoms with E-state index in [1.165, 1.54) is 17.3 Å². The van der Waals surface area contributed by atoms with Crippen molar-refractivity contribution in [2.45, 2.75) is 31.9 Å². The van der Waals surface area contributed by atoms with Crippen LogP contribution in [-0.4, -0.2) is 12.3 Å². The molecule has 0 amide bonds. The molecule has 23 heavy (non-hydrogen) atoms. The number of nitrogens with two attached hydrogens (primary N) is 1. The van der Waals surface area contributed by atoms with Crippen molar-refractivity contribution in [3.05, 3.63) is 59.7 Å². The van der Waals surface area contributed by atoms with Gasteiger partial charge in [0, 0.05) is 11.3 Å². The Morgan fingerprint density at radius 1 is 1.17 bits per heavy atom. The van der Waals surface area contributed by atoms with Gasteiger partial charge in [-0.1, -0.05) is 55.9 Å². The quantitative estimate of drug-likeness (QED) is 0.593. The van der Waals surface area contributed by atoms with Gasteiger partial charge in [0.2, 0.25) is 0 Å². The Bertz CT molecular complexity index is 653. The van der Waals surface area contributed by atoms with Crippen LogP contribution in [0.4, 0.5) is 5.69 Å². The molecule has 2 rings (SSSR count). The number of hydrogen-bond donors (Lipinski definition) is 1. The number of benzene rings is 2. The number of thioether (sulfide) groups is 1. The lowest BCUT2D eigenvalue weighted by Gasteiger charge is -2.09. The predicted molar refractivity (Wildman–Crippen MR) is 101 cm³/mol. The van der Waals surface area contributed by atoms with E-state index in [1.54, 1.807) is 7.11 Å². The van der Waals surface area contributed by atoms with E-state index in [0.717, 1.165) is 29.2 Å². The Balaban J connectivity index is 1.99. The van der Waals surface area contributed by atoms with Gasteiger partial charge >= 0.3 is 0 Å². The van der Waals surface area contributed by atoms with Gasteiger partial charge in [-0.25, -0.2) is 4.99 Å². The molecule has 0 bridgehead atoms. The average Bonchev–Trinajstić information content (AvgIpc) is 2.60. The van der Waals surface area contributed by atoms with Gasteiger partial charge in [0.25, 0.3) is 0 Å². The van der Waals surface area contributed by atoms with Crippen molar-refractivity contribution < 1.29 is 4.74 Å². The zero-order chi connectivity index (χ0) is 16.7. The Morgan fingerprint density at radius 3 is 2.52 bits per heavy atom. The maximum absolute atomic E-state index is 6.04. The number of amidine groups is 1. The molecular weight excluding hydrogens is 304 g/mol. The number of methoxy groups -OCH3 is 1. The molecule has 0 saturated heterocycles. The molecule has 2 N–H and O–H groups in total. The third kappa shape index (κ3) is 5.03. The Labute approximate surface area is 143 Å². The van der Waals surface area contributed by atoms with Crippen molar-refractivity contribution in [3.63, 3.8) is 0 Å². The summed E-state index contributed by atoms with van der Waals surface area (Å²) in [6.45, 7) is 4.43. The molecule has 0 aliphatic rings. The summed E-state index contributed by atoms with van der Waals surface area (Å²) >= 11 is 1.52. The SMILES string of the molecule is CC[C@H](C)c1ccc(N=C(N)SCc2ccccc2OC)cc1. The minimum atomic E-state index is 0.562. The lowest BCUT2D eigenvalue weighted by atomic mass is 9.99. The number of nitrogens with zero attached hydrogens (tertiary/aromatic N) is 1. The lowest BCUT2D eigenvalue weighted by molar-refractivity contribution is 0.411. The lowest BCUT2D eigenvalue weighted by Crippen LogP contribution is -2.06. The van der Waals surface area contributed by atoms with Crippen molar-refractivity contribution in [2.24, 2.45) is 10.7 Å². The van der Waals surface area contributed by atoms with Crippen LogP contribution in [0.1, 0.15) is 37.3 Å². The molecular formula is C19H24N2OS. The topological polar surface area (TPSA) is 47.6 Å². The number of ether oxygens (including phenoxy) is 1. The fourth-order valence-corrected chi connectivity index (χ4v) is 2.96. The summed E-state index contributed by atoms with van der Waals surface area (Å²) in [5, 5.41) is 0.562. The molecule has 0 heterocycles. The van der Waals surface area contributed by atoms with Crippen LogP contribution in [0.2, 0.25) is 0 Å². The maximum atomic E-state index is 6.04. The second-order valence-corrected chi connectivity index (χ2v) is 6.45. The fraction of sp³-hybridized carbons (Fsp3) is 0.316. The average molecular weight is 328 g/mol. The molecule has 0 spiro atoms. The standard InChI is InChI=1S/C19H24N2OS/c1-4-14(2)15-9-11-17(12-10-15)21-19(20)23-13-16-7-5-6-8-18(16)22-3/h5-12,14H,4,13H2,1-3H3,(H2,20,21)/t14-/m0/s1. The highest BCUT2D eigenvalue weighted by molar-refractivity contribution is 8.13. The Morgan fingerprint density at radius 2 is 1.87 bits per heavy atom. The molecule has 0 unspecified atom stereocenters. The summed E-state index contributed by atoms with van der Waals surface area (Å²) in [7, 11) is 1.68. The Hall–Kier alpha value is -1.94. The minimum absolute atomic E-state index is 0.562. The third-order valence-electron chi connectivity index (χ3n) is 3.88. The van der Waals surface area contributed by atoms with Gasteiger partial charge in [-0.05, 0) is 36.1 Å². The predicted octanol–water partition coefficient (Wildman–Crippen LogP) is 5.09. The van der Waals surface area contributed by atoms with Crippen LogP contribution in [-0.2, 0) is 5.75 Å². The first-order chi connectivity index (χ1) is 11.1. The van der Waals surface area contributed by atoms with Gasteiger partial charge in [-0.3, -0.25) is 0 Å². The van der Waals surface area contributed by atoms with Gasteiger partial charge in [0.15, 0.2) is 5.17 Å². The number of para-hydroxylation sites is 1. The first kappa shape index (κ1) is 17.4. The van der Waals surface area contributed by atoms with E-state index in [2.05, 4.69) is 31.0 Å². The summed E-state index contributed by atoms with van der Waals surface area (Å²) in [6.07, 6.45) is 1.14. The highest BCUT2D eigenvalue weighted by atomic mass is 32.2. The zero-order valence-corrected chi connectivity index (χ0v) is 14.8. The Kier molecular flexibility index (Phi) is 6.53. The van der Waals surface area contributed by atoms with E-state index >= 15 is 0 Å². The first-order valence-corrected chi connectivity index (χ1v) is 8.81. The van der Waals surface area contributed by atoms with Crippen LogP contribution in [0, 0.1) is 0 Å². The van der Waals surface area contributed by atoms with E-state index in [-0.39, 0.29) is 0 Å². The first-order valence-electron chi connectivity index (χ1n) is 7.82. The summed E-state index contributed by atoms with van der Waals surface area (Å²) in [5.74, 6) is 2.20.